The molecule has 0 saturated carbocycles. The van der Waals surface area contributed by atoms with Crippen molar-refractivity contribution < 1.29 is 0 Å². The highest BCUT2D eigenvalue weighted by atomic mass is 32.1. The molecule has 48 heavy (non-hydrogen) atoms. The minimum atomic E-state index is 0.596. The second kappa shape index (κ2) is 10.7. The fourth-order valence-electron chi connectivity index (χ4n) is 7.07. The second-order valence-electron chi connectivity index (χ2n) is 12.0. The molecule has 0 aliphatic carbocycles. The van der Waals surface area contributed by atoms with Gasteiger partial charge in [0.2, 0.25) is 5.95 Å². The van der Waals surface area contributed by atoms with Crippen LogP contribution >= 0.6 is 11.3 Å². The van der Waals surface area contributed by atoms with Crippen molar-refractivity contribution in [2.45, 2.75) is 0 Å². The van der Waals surface area contributed by atoms with E-state index in [1.807, 2.05) is 29.5 Å². The summed E-state index contributed by atoms with van der Waals surface area (Å²) in [5.41, 5.74) is 6.34. The zero-order chi connectivity index (χ0) is 31.6. The molecule has 4 nitrogen and oxygen atoms in total. The maximum Gasteiger partial charge on any atom is 0.238 e. The molecule has 10 aromatic rings. The van der Waals surface area contributed by atoms with Crippen LogP contribution in [0, 0.1) is 0 Å². The van der Waals surface area contributed by atoms with Crippen LogP contribution in [0.5, 0.6) is 0 Å². The molecular formula is C43H26N4S. The Labute approximate surface area is 280 Å². The van der Waals surface area contributed by atoms with Gasteiger partial charge in [-0.05, 0) is 40.8 Å². The molecule has 0 unspecified atom stereocenters. The van der Waals surface area contributed by atoms with E-state index < -0.39 is 0 Å². The third kappa shape index (κ3) is 4.18. The first-order valence-corrected chi connectivity index (χ1v) is 16.9. The maximum absolute atomic E-state index is 5.19. The van der Waals surface area contributed by atoms with E-state index in [0.717, 1.165) is 27.7 Å². The number of benzene rings is 7. The van der Waals surface area contributed by atoms with Gasteiger partial charge in [-0.2, -0.15) is 9.97 Å². The van der Waals surface area contributed by atoms with Crippen molar-refractivity contribution in [2.75, 3.05) is 0 Å². The summed E-state index contributed by atoms with van der Waals surface area (Å²) in [7, 11) is 0. The maximum atomic E-state index is 5.19. The first-order chi connectivity index (χ1) is 23.8. The SMILES string of the molecule is c1ccc(-c2nc(-c3cccc(-c4cccc5ccc6c7ccccc7sc6c45)c3)nc(-n3c4ccccc4c4ccccc43)n2)cc1. The van der Waals surface area contributed by atoms with E-state index in [-0.39, 0.29) is 0 Å². The average molecular weight is 631 g/mol. The van der Waals surface area contributed by atoms with Gasteiger partial charge in [0.25, 0.3) is 0 Å². The first kappa shape index (κ1) is 27.0. The topological polar surface area (TPSA) is 43.6 Å². The Kier molecular flexibility index (Phi) is 6.01. The van der Waals surface area contributed by atoms with Crippen molar-refractivity contribution in [1.82, 2.24) is 19.5 Å². The summed E-state index contributed by atoms with van der Waals surface area (Å²) in [6.45, 7) is 0. The van der Waals surface area contributed by atoms with Gasteiger partial charge in [-0.15, -0.1) is 11.3 Å². The minimum Gasteiger partial charge on any atom is -0.278 e. The quantitative estimate of drug-likeness (QED) is 0.194. The van der Waals surface area contributed by atoms with Crippen molar-refractivity contribution >= 4 is 64.1 Å². The normalized spacial score (nSPS) is 11.8. The largest absolute Gasteiger partial charge is 0.278 e. The van der Waals surface area contributed by atoms with Crippen LogP contribution in [0.3, 0.4) is 0 Å². The predicted molar refractivity (Wildman–Crippen MR) is 201 cm³/mol. The lowest BCUT2D eigenvalue weighted by Gasteiger charge is -2.12. The van der Waals surface area contributed by atoms with Crippen LogP contribution in [0.4, 0.5) is 0 Å². The molecule has 0 radical (unpaired) electrons. The number of hydrogen-bond acceptors (Lipinski definition) is 4. The molecule has 7 aromatic carbocycles. The highest BCUT2D eigenvalue weighted by molar-refractivity contribution is 7.26. The van der Waals surface area contributed by atoms with Crippen molar-refractivity contribution in [3.05, 3.63) is 158 Å². The molecule has 0 atom stereocenters. The van der Waals surface area contributed by atoms with E-state index in [2.05, 4.69) is 144 Å². The van der Waals surface area contributed by atoms with E-state index in [9.17, 15) is 0 Å². The Morgan fingerprint density at radius 1 is 0.438 bits per heavy atom. The van der Waals surface area contributed by atoms with Gasteiger partial charge < -0.3 is 0 Å². The van der Waals surface area contributed by atoms with Crippen LogP contribution < -0.4 is 0 Å². The standard InChI is InChI=1S/C43H26N4S/c1-2-12-28(13-3-1)41-44-42(46-43(45-41)47-36-21-7-4-17-32(36)33-18-5-8-22-37(33)47)30-16-10-15-29(26-30)31-20-11-14-27-24-25-35-34-19-6-9-23-38(34)48-40(35)39(27)31/h1-26H. The number of nitrogens with zero attached hydrogens (tertiary/aromatic N) is 4. The first-order valence-electron chi connectivity index (χ1n) is 16.0. The van der Waals surface area contributed by atoms with E-state index in [1.54, 1.807) is 0 Å². The van der Waals surface area contributed by atoms with Gasteiger partial charge in [0.15, 0.2) is 11.6 Å². The van der Waals surface area contributed by atoms with Crippen LogP contribution in [-0.2, 0) is 0 Å². The lowest BCUT2D eigenvalue weighted by molar-refractivity contribution is 0.953. The Balaban J connectivity index is 1.21. The Morgan fingerprint density at radius 2 is 1.06 bits per heavy atom. The summed E-state index contributed by atoms with van der Waals surface area (Å²) in [5.74, 6) is 1.87. The molecule has 224 valence electrons. The van der Waals surface area contributed by atoms with Crippen LogP contribution in [0.1, 0.15) is 0 Å². The van der Waals surface area contributed by atoms with Crippen LogP contribution in [0.25, 0.3) is 92.6 Å². The van der Waals surface area contributed by atoms with E-state index in [4.69, 9.17) is 15.0 Å². The van der Waals surface area contributed by atoms with Gasteiger partial charge in [0.1, 0.15) is 0 Å². The Bertz CT molecular complexity index is 2800. The summed E-state index contributed by atoms with van der Waals surface area (Å²) in [6.07, 6.45) is 0. The molecular weight excluding hydrogens is 605 g/mol. The van der Waals surface area contributed by atoms with Crippen LogP contribution in [0.15, 0.2) is 158 Å². The number of aromatic nitrogens is 4. The van der Waals surface area contributed by atoms with E-state index >= 15 is 0 Å². The van der Waals surface area contributed by atoms with Gasteiger partial charge in [0, 0.05) is 47.5 Å². The summed E-state index contributed by atoms with van der Waals surface area (Å²) in [4.78, 5) is 15.4. The summed E-state index contributed by atoms with van der Waals surface area (Å²) < 4.78 is 4.78. The van der Waals surface area contributed by atoms with Crippen molar-refractivity contribution in [3.63, 3.8) is 0 Å². The highest BCUT2D eigenvalue weighted by Crippen LogP contribution is 2.42. The van der Waals surface area contributed by atoms with Crippen molar-refractivity contribution in [3.8, 4) is 39.9 Å². The summed E-state index contributed by atoms with van der Waals surface area (Å²) in [6, 6.07) is 55.5. The van der Waals surface area contributed by atoms with Gasteiger partial charge in [0.05, 0.1) is 11.0 Å². The predicted octanol–water partition coefficient (Wildman–Crippen LogP) is 11.5. The molecule has 0 aliphatic rings. The van der Waals surface area contributed by atoms with Crippen molar-refractivity contribution in [1.29, 1.82) is 0 Å². The van der Waals surface area contributed by atoms with Crippen LogP contribution in [0.2, 0.25) is 0 Å². The molecule has 0 saturated heterocycles. The second-order valence-corrected chi connectivity index (χ2v) is 13.1. The monoisotopic (exact) mass is 630 g/mol. The van der Waals surface area contributed by atoms with E-state index in [1.165, 1.54) is 47.3 Å². The zero-order valence-electron chi connectivity index (χ0n) is 25.7. The molecule has 0 bridgehead atoms. The van der Waals surface area contributed by atoms with Gasteiger partial charge in [-0.25, -0.2) is 4.98 Å². The average Bonchev–Trinajstić information content (AvgIpc) is 3.71. The Hall–Kier alpha value is -6.17. The molecule has 0 aliphatic heterocycles. The fraction of sp³-hybridized carbons (Fsp3) is 0. The van der Waals surface area contributed by atoms with Gasteiger partial charge in [-0.1, -0.05) is 133 Å². The van der Waals surface area contributed by atoms with Crippen molar-refractivity contribution in [2.24, 2.45) is 0 Å². The molecule has 0 fully saturated rings. The summed E-state index contributed by atoms with van der Waals surface area (Å²) in [5, 5.41) is 7.45. The van der Waals surface area contributed by atoms with Gasteiger partial charge >= 0.3 is 0 Å². The number of thiophene rings is 1. The lowest BCUT2D eigenvalue weighted by Crippen LogP contribution is -2.06. The number of rotatable bonds is 4. The number of hydrogen-bond donors (Lipinski definition) is 0. The molecule has 3 aromatic heterocycles. The molecule has 5 heteroatoms. The van der Waals surface area contributed by atoms with E-state index in [0.29, 0.717) is 17.6 Å². The fourth-order valence-corrected chi connectivity index (χ4v) is 8.34. The van der Waals surface area contributed by atoms with Gasteiger partial charge in [-0.3, -0.25) is 4.57 Å². The lowest BCUT2D eigenvalue weighted by atomic mass is 9.95. The van der Waals surface area contributed by atoms with Crippen LogP contribution in [-0.4, -0.2) is 19.5 Å². The smallest absolute Gasteiger partial charge is 0.238 e. The zero-order valence-corrected chi connectivity index (χ0v) is 26.5. The number of fused-ring (bicyclic) bond motifs is 8. The molecule has 0 amide bonds. The summed E-state index contributed by atoms with van der Waals surface area (Å²) >= 11 is 1.87. The third-order valence-electron chi connectivity index (χ3n) is 9.25. The highest BCUT2D eigenvalue weighted by Gasteiger charge is 2.18. The Morgan fingerprint density at radius 3 is 1.85 bits per heavy atom. The number of para-hydroxylation sites is 2. The molecule has 3 heterocycles. The third-order valence-corrected chi connectivity index (χ3v) is 10.5. The molecule has 0 N–H and O–H groups in total. The molecule has 0 spiro atoms. The minimum absolute atomic E-state index is 0.596. The molecule has 10 rings (SSSR count).